The van der Waals surface area contributed by atoms with Crippen LogP contribution in [0.1, 0.15) is 16.7 Å². The zero-order valence-electron chi connectivity index (χ0n) is 23.5. The van der Waals surface area contributed by atoms with E-state index < -0.39 is 10.0 Å². The molecule has 1 aliphatic rings. The average Bonchev–Trinajstić information content (AvgIpc) is 3.49. The smallest absolute Gasteiger partial charge is 0.243 e. The van der Waals surface area contributed by atoms with Crippen LogP contribution in [0.4, 0.5) is 11.6 Å². The predicted molar refractivity (Wildman–Crippen MR) is 171 cm³/mol. The lowest BCUT2D eigenvalue weighted by Gasteiger charge is -2.23. The van der Waals surface area contributed by atoms with Gasteiger partial charge in [0.05, 0.1) is 10.6 Å². The maximum absolute atomic E-state index is 14.1. The molecule has 0 radical (unpaired) electrons. The molecule has 0 saturated carbocycles. The first-order valence-electron chi connectivity index (χ1n) is 14.4. The molecular formula is C36H30N4O2S. The van der Waals surface area contributed by atoms with Crippen LogP contribution in [0.3, 0.4) is 0 Å². The summed E-state index contributed by atoms with van der Waals surface area (Å²) >= 11 is 0. The van der Waals surface area contributed by atoms with E-state index in [1.54, 1.807) is 16.6 Å². The van der Waals surface area contributed by atoms with Gasteiger partial charge in [-0.1, -0.05) is 97.1 Å². The molecule has 0 spiro atoms. The third kappa shape index (κ3) is 5.52. The monoisotopic (exact) mass is 582 g/mol. The number of aromatic nitrogens is 2. The van der Waals surface area contributed by atoms with Gasteiger partial charge in [-0.3, -0.25) is 0 Å². The van der Waals surface area contributed by atoms with Gasteiger partial charge in [0.1, 0.15) is 0 Å². The van der Waals surface area contributed by atoms with Gasteiger partial charge in [0, 0.05) is 37.1 Å². The summed E-state index contributed by atoms with van der Waals surface area (Å²) in [5.74, 6) is 0.606. The second-order valence-corrected chi connectivity index (χ2v) is 12.7. The fourth-order valence-corrected chi connectivity index (χ4v) is 7.15. The molecule has 0 N–H and O–H groups in total. The normalized spacial score (nSPS) is 13.0. The molecule has 0 bridgehead atoms. The van der Waals surface area contributed by atoms with Crippen LogP contribution < -0.4 is 4.90 Å². The number of nitrogens with zero attached hydrogens (tertiary/aromatic N) is 4. The van der Waals surface area contributed by atoms with Crippen LogP contribution in [0.5, 0.6) is 0 Å². The van der Waals surface area contributed by atoms with E-state index >= 15 is 0 Å². The summed E-state index contributed by atoms with van der Waals surface area (Å²) in [6, 6.07) is 41.4. The van der Waals surface area contributed by atoms with Gasteiger partial charge in [-0.05, 0) is 64.2 Å². The number of benzene rings is 5. The van der Waals surface area contributed by atoms with E-state index in [0.717, 1.165) is 39.0 Å². The molecule has 6 aromatic rings. The molecule has 6 nitrogen and oxygen atoms in total. The topological polar surface area (TPSA) is 66.4 Å². The van der Waals surface area contributed by atoms with Crippen molar-refractivity contribution in [3.8, 4) is 11.3 Å². The number of hydrogen-bond donors (Lipinski definition) is 0. The molecule has 7 heteroatoms. The van der Waals surface area contributed by atoms with Crippen LogP contribution in [0.25, 0.3) is 22.0 Å². The zero-order chi connectivity index (χ0) is 29.2. The van der Waals surface area contributed by atoms with Gasteiger partial charge in [-0.25, -0.2) is 18.4 Å². The molecular weight excluding hydrogens is 552 g/mol. The van der Waals surface area contributed by atoms with E-state index in [2.05, 4.69) is 40.2 Å². The van der Waals surface area contributed by atoms with Crippen molar-refractivity contribution >= 4 is 32.4 Å². The lowest BCUT2D eigenvalue weighted by Crippen LogP contribution is -2.30. The average molecular weight is 583 g/mol. The highest BCUT2D eigenvalue weighted by atomic mass is 32.2. The Bertz CT molecular complexity index is 1970. The minimum absolute atomic E-state index is 0.288. The fourth-order valence-electron chi connectivity index (χ4n) is 5.68. The number of sulfonamides is 1. The fraction of sp³-hybridized carbons (Fsp3) is 0.111. The van der Waals surface area contributed by atoms with Crippen molar-refractivity contribution in [2.45, 2.75) is 24.4 Å². The van der Waals surface area contributed by atoms with Gasteiger partial charge in [0.2, 0.25) is 16.0 Å². The summed E-state index contributed by atoms with van der Waals surface area (Å²) in [7, 11) is -3.78. The van der Waals surface area contributed by atoms with Gasteiger partial charge in [-0.2, -0.15) is 4.31 Å². The minimum Gasteiger partial charge on any atom is -0.310 e. The largest absolute Gasteiger partial charge is 0.310 e. The zero-order valence-corrected chi connectivity index (χ0v) is 24.4. The molecule has 0 unspecified atom stereocenters. The van der Waals surface area contributed by atoms with E-state index in [1.807, 2.05) is 91.0 Å². The van der Waals surface area contributed by atoms with E-state index in [1.165, 1.54) is 5.39 Å². The molecule has 43 heavy (non-hydrogen) atoms. The molecule has 0 atom stereocenters. The van der Waals surface area contributed by atoms with Crippen molar-refractivity contribution in [2.24, 2.45) is 0 Å². The van der Waals surface area contributed by atoms with Crippen LogP contribution >= 0.6 is 0 Å². The van der Waals surface area contributed by atoms with Gasteiger partial charge in [0.25, 0.3) is 0 Å². The Kier molecular flexibility index (Phi) is 7.19. The molecule has 0 saturated heterocycles. The molecule has 5 aromatic carbocycles. The van der Waals surface area contributed by atoms with Crippen LogP contribution in [-0.2, 0) is 29.5 Å². The molecule has 7 rings (SSSR count). The Morgan fingerprint density at radius 3 is 2.09 bits per heavy atom. The first-order valence-corrected chi connectivity index (χ1v) is 15.8. The summed E-state index contributed by atoms with van der Waals surface area (Å²) in [6.07, 6.45) is 2.49. The molecule has 0 aliphatic carbocycles. The SMILES string of the molecule is O=S(=O)(c1ccc2c(c1)CCN2c1nccc(-c2ccc3ccccc3c2)n1)N(Cc1ccccc1)Cc1ccccc1. The maximum Gasteiger partial charge on any atom is 0.243 e. The van der Waals surface area contributed by atoms with E-state index in [0.29, 0.717) is 23.8 Å². The Morgan fingerprint density at radius 1 is 0.698 bits per heavy atom. The van der Waals surface area contributed by atoms with E-state index in [4.69, 9.17) is 4.98 Å². The van der Waals surface area contributed by atoms with Crippen molar-refractivity contribution in [3.63, 3.8) is 0 Å². The Balaban J connectivity index is 1.18. The number of fused-ring (bicyclic) bond motifs is 2. The van der Waals surface area contributed by atoms with Gasteiger partial charge < -0.3 is 4.90 Å². The number of anilines is 2. The standard InChI is InChI=1S/C36H30N4O2S/c41-43(42,39(25-27-9-3-1-4-10-27)26-28-11-5-2-6-12-28)33-17-18-35-32(24-33)20-22-40(35)36-37-21-19-34(38-36)31-16-15-29-13-7-8-14-30(29)23-31/h1-19,21,23-24H,20,22,25-26H2. The van der Waals surface area contributed by atoms with Gasteiger partial charge in [0.15, 0.2) is 0 Å². The molecule has 0 fully saturated rings. The summed E-state index contributed by atoms with van der Waals surface area (Å²) in [5.41, 5.74) is 5.67. The third-order valence-corrected chi connectivity index (χ3v) is 9.70. The summed E-state index contributed by atoms with van der Waals surface area (Å²) in [5, 5.41) is 2.35. The van der Waals surface area contributed by atoms with Crippen LogP contribution in [0.15, 0.2) is 138 Å². The van der Waals surface area contributed by atoms with Gasteiger partial charge >= 0.3 is 0 Å². The van der Waals surface area contributed by atoms with Crippen molar-refractivity contribution < 1.29 is 8.42 Å². The van der Waals surface area contributed by atoms with Crippen LogP contribution in [0.2, 0.25) is 0 Å². The van der Waals surface area contributed by atoms with Gasteiger partial charge in [-0.15, -0.1) is 0 Å². The van der Waals surface area contributed by atoms with Crippen LogP contribution in [-0.4, -0.2) is 29.2 Å². The second-order valence-electron chi connectivity index (χ2n) is 10.7. The summed E-state index contributed by atoms with van der Waals surface area (Å²) in [6.45, 7) is 1.26. The third-order valence-electron chi connectivity index (χ3n) is 7.92. The van der Waals surface area contributed by atoms with Crippen molar-refractivity contribution in [1.29, 1.82) is 0 Å². The van der Waals surface area contributed by atoms with E-state index in [-0.39, 0.29) is 13.1 Å². The molecule has 1 aliphatic heterocycles. The van der Waals surface area contributed by atoms with Crippen molar-refractivity contribution in [3.05, 3.63) is 150 Å². The first-order chi connectivity index (χ1) is 21.0. The van der Waals surface area contributed by atoms with Crippen LogP contribution in [0, 0.1) is 0 Å². The Morgan fingerprint density at radius 2 is 1.37 bits per heavy atom. The van der Waals surface area contributed by atoms with Crippen molar-refractivity contribution in [2.75, 3.05) is 11.4 Å². The molecule has 1 aromatic heterocycles. The van der Waals surface area contributed by atoms with E-state index in [9.17, 15) is 8.42 Å². The highest BCUT2D eigenvalue weighted by molar-refractivity contribution is 7.89. The quantitative estimate of drug-likeness (QED) is 0.187. The minimum atomic E-state index is -3.78. The Hall–Kier alpha value is -4.85. The number of rotatable bonds is 8. The van der Waals surface area contributed by atoms with Crippen molar-refractivity contribution in [1.82, 2.24) is 14.3 Å². The molecule has 2 heterocycles. The predicted octanol–water partition coefficient (Wildman–Crippen LogP) is 7.38. The highest BCUT2D eigenvalue weighted by Crippen LogP contribution is 2.36. The molecule has 0 amide bonds. The second kappa shape index (κ2) is 11.4. The lowest BCUT2D eigenvalue weighted by molar-refractivity contribution is 0.401. The molecule has 212 valence electrons. The number of hydrogen-bond acceptors (Lipinski definition) is 5. The summed E-state index contributed by atoms with van der Waals surface area (Å²) < 4.78 is 29.7. The maximum atomic E-state index is 14.1. The lowest BCUT2D eigenvalue weighted by atomic mass is 10.1. The highest BCUT2D eigenvalue weighted by Gasteiger charge is 2.29. The summed E-state index contributed by atoms with van der Waals surface area (Å²) in [4.78, 5) is 11.9. The Labute approximate surface area is 252 Å². The first kappa shape index (κ1) is 27.0.